The Labute approximate surface area is 73.1 Å². The van der Waals surface area contributed by atoms with Crippen molar-refractivity contribution in [3.8, 4) is 0 Å². The van der Waals surface area contributed by atoms with Crippen LogP contribution in [0.3, 0.4) is 0 Å². The first-order valence-corrected chi connectivity index (χ1v) is 16.5. The predicted molar refractivity (Wildman–Crippen MR) is 42.7 cm³/mol. The monoisotopic (exact) mass is 293 g/mol. The fourth-order valence-corrected chi connectivity index (χ4v) is 0. The molecule has 0 aliphatic heterocycles. The number of rotatable bonds is 1. The molecule has 3 heteroatoms. The molecule has 0 aromatic heterocycles. The third-order valence-corrected chi connectivity index (χ3v) is 0.697. The maximum atomic E-state index is 3.76. The van der Waals surface area contributed by atoms with Crippen molar-refractivity contribution in [1.29, 1.82) is 0 Å². The summed E-state index contributed by atoms with van der Waals surface area (Å²) in [4.78, 5) is 0. The minimum Gasteiger partial charge on any atom is -0.0651 e. The second kappa shape index (κ2) is 11.4. The van der Waals surface area contributed by atoms with E-state index in [-0.39, 0.29) is 13.2 Å². The van der Waals surface area contributed by atoms with Crippen molar-refractivity contribution in [1.82, 2.24) is 0 Å². The van der Waals surface area contributed by atoms with Crippen LogP contribution in [0.4, 0.5) is 0 Å². The molecule has 0 spiro atoms. The molecule has 0 fully saturated rings. The van der Waals surface area contributed by atoms with Crippen LogP contribution in [0.15, 0.2) is 0 Å². The van der Waals surface area contributed by atoms with Crippen molar-refractivity contribution in [3.63, 3.8) is 0 Å². The summed E-state index contributed by atoms with van der Waals surface area (Å²) < 4.78 is 0. The Bertz CT molecular complexity index is 31.6. The third kappa shape index (κ3) is 25.6. The number of hydrogen-bond acceptors (Lipinski definition) is 0. The van der Waals surface area contributed by atoms with Crippen LogP contribution < -0.4 is 0 Å². The zero-order valence-electron chi connectivity index (χ0n) is 5.45. The Morgan fingerprint density at radius 3 is 1.75 bits per heavy atom. The summed E-state index contributed by atoms with van der Waals surface area (Å²) in [5.74, 6) is 0.634. The summed E-state index contributed by atoms with van der Waals surface area (Å²) in [6.45, 7) is 8.00. The van der Waals surface area contributed by atoms with Gasteiger partial charge in [0.15, 0.2) is 0 Å². The summed E-state index contributed by atoms with van der Waals surface area (Å²) in [7, 11) is 0. The zero-order chi connectivity index (χ0) is 6.99. The van der Waals surface area contributed by atoms with Crippen molar-refractivity contribution >= 4 is 27.2 Å². The third-order valence-electron chi connectivity index (χ3n) is 0.697. The van der Waals surface area contributed by atoms with Crippen LogP contribution in [0.2, 0.25) is 0 Å². The normalized spacial score (nSPS) is 7.25. The minimum absolute atomic E-state index is 0.250. The molecule has 0 bridgehead atoms. The van der Waals surface area contributed by atoms with E-state index >= 15 is 0 Å². The Morgan fingerprint density at radius 1 is 1.62 bits per heavy atom. The van der Waals surface area contributed by atoms with E-state index in [0.29, 0.717) is 5.92 Å². The summed E-state index contributed by atoms with van der Waals surface area (Å²) in [5, 5.41) is 0. The maximum absolute atomic E-state index is 3.76. The van der Waals surface area contributed by atoms with Gasteiger partial charge in [0.2, 0.25) is 0 Å². The number of hydrogen-bond donors (Lipinski definition) is 0. The molecular formula is C5H11Br2Zn. The predicted octanol–water partition coefficient (Wildman–Crippen LogP) is 3.56. The minimum atomic E-state index is -0.250. The number of halogens is 2. The Kier molecular flexibility index (Phi) is 17.5. The first kappa shape index (κ1) is 12.3. The van der Waals surface area contributed by atoms with Crippen LogP contribution in [0.1, 0.15) is 20.3 Å². The van der Waals surface area contributed by atoms with Gasteiger partial charge in [-0.25, -0.2) is 0 Å². The van der Waals surface area contributed by atoms with Crippen molar-refractivity contribution in [3.05, 3.63) is 6.92 Å². The van der Waals surface area contributed by atoms with Gasteiger partial charge in [-0.3, -0.25) is 0 Å². The van der Waals surface area contributed by atoms with Gasteiger partial charge in [0.05, 0.1) is 0 Å². The van der Waals surface area contributed by atoms with Gasteiger partial charge in [-0.05, 0) is 5.92 Å². The second-order valence-electron chi connectivity index (χ2n) is 1.61. The van der Waals surface area contributed by atoms with Gasteiger partial charge < -0.3 is 0 Å². The van der Waals surface area contributed by atoms with Crippen LogP contribution in [0.25, 0.3) is 0 Å². The molecule has 0 N–H and O–H groups in total. The fourth-order valence-electron chi connectivity index (χ4n) is 0. The molecule has 0 saturated carbocycles. The van der Waals surface area contributed by atoms with E-state index in [4.69, 9.17) is 0 Å². The molecule has 0 saturated heterocycles. The summed E-state index contributed by atoms with van der Waals surface area (Å²) in [6, 6.07) is 0. The average Bonchev–Trinajstić information content (AvgIpc) is 1.69. The average molecular weight is 296 g/mol. The van der Waals surface area contributed by atoms with Crippen LogP contribution in [0, 0.1) is 12.8 Å². The van der Waals surface area contributed by atoms with E-state index in [9.17, 15) is 0 Å². The van der Waals surface area contributed by atoms with Gasteiger partial charge in [0, 0.05) is 0 Å². The molecule has 47 valence electrons. The first-order chi connectivity index (χ1) is 3.68. The largest absolute Gasteiger partial charge is 0.0651 e. The van der Waals surface area contributed by atoms with Gasteiger partial charge >= 0.3 is 40.5 Å². The van der Waals surface area contributed by atoms with E-state index < -0.39 is 0 Å². The topological polar surface area (TPSA) is 0 Å². The summed E-state index contributed by atoms with van der Waals surface area (Å²) in [5.41, 5.74) is 0. The molecule has 0 aliphatic carbocycles. The summed E-state index contributed by atoms with van der Waals surface area (Å²) >= 11 is 6.25. The molecule has 1 atom stereocenters. The van der Waals surface area contributed by atoms with E-state index in [0.717, 1.165) is 0 Å². The van der Waals surface area contributed by atoms with Gasteiger partial charge in [-0.2, -0.15) is 0 Å². The molecule has 0 aromatic rings. The molecule has 1 unspecified atom stereocenters. The van der Waals surface area contributed by atoms with Crippen LogP contribution in [-0.2, 0) is 13.2 Å². The second-order valence-corrected chi connectivity index (χ2v) is 15.7. The van der Waals surface area contributed by atoms with Gasteiger partial charge in [-0.15, -0.1) is 0 Å². The molecule has 0 aliphatic rings. The Hall–Kier alpha value is 1.58. The van der Waals surface area contributed by atoms with Crippen LogP contribution >= 0.6 is 27.2 Å². The maximum Gasteiger partial charge on any atom is -0.0445 e. The van der Waals surface area contributed by atoms with Crippen molar-refractivity contribution in [2.75, 3.05) is 0 Å². The molecule has 0 nitrogen and oxygen atoms in total. The van der Waals surface area contributed by atoms with E-state index in [1.165, 1.54) is 6.42 Å². The van der Waals surface area contributed by atoms with Crippen LogP contribution in [0.5, 0.6) is 0 Å². The standard InChI is InChI=1S/C5H11.2BrH.Zn/c1-4-5(2)3;;;/h5H,2,4H2,1,3H3;2*1H;/q;;;+2/p-2. The fraction of sp³-hybridized carbons (Fsp3) is 0.800. The van der Waals surface area contributed by atoms with E-state index in [2.05, 4.69) is 48.0 Å². The summed E-state index contributed by atoms with van der Waals surface area (Å²) in [6.07, 6.45) is 1.19. The molecule has 0 rings (SSSR count). The van der Waals surface area contributed by atoms with Gasteiger partial charge in [0.1, 0.15) is 0 Å². The SMILES string of the molecule is [Br][Zn][Br].[CH2]C(C)CC. The van der Waals surface area contributed by atoms with Crippen LogP contribution in [-0.4, -0.2) is 0 Å². The Balaban J connectivity index is 0. The van der Waals surface area contributed by atoms with Gasteiger partial charge in [0.25, 0.3) is 0 Å². The Morgan fingerprint density at radius 2 is 1.75 bits per heavy atom. The van der Waals surface area contributed by atoms with E-state index in [1.807, 2.05) is 0 Å². The molecular weight excluding hydrogens is 285 g/mol. The van der Waals surface area contributed by atoms with Crippen molar-refractivity contribution in [2.45, 2.75) is 20.3 Å². The van der Waals surface area contributed by atoms with Gasteiger partial charge in [-0.1, -0.05) is 27.2 Å². The molecule has 0 heterocycles. The molecule has 1 radical (unpaired) electrons. The molecule has 0 amide bonds. The first-order valence-electron chi connectivity index (χ1n) is 2.64. The quantitative estimate of drug-likeness (QED) is 0.649. The van der Waals surface area contributed by atoms with Crippen molar-refractivity contribution < 1.29 is 13.2 Å². The molecule has 0 aromatic carbocycles. The molecule has 8 heavy (non-hydrogen) atoms. The zero-order valence-corrected chi connectivity index (χ0v) is 11.6. The smallest absolute Gasteiger partial charge is 0.0445 e. The van der Waals surface area contributed by atoms with E-state index in [1.54, 1.807) is 0 Å². The van der Waals surface area contributed by atoms with Crippen molar-refractivity contribution in [2.24, 2.45) is 5.92 Å².